The third-order valence-electron chi connectivity index (χ3n) is 2.21. The lowest BCUT2D eigenvalue weighted by Crippen LogP contribution is -2.22. The fraction of sp³-hybridized carbons (Fsp3) is 0.333. The fourth-order valence-electron chi connectivity index (χ4n) is 1.47. The molecule has 1 N–H and O–H groups in total. The van der Waals surface area contributed by atoms with Gasteiger partial charge in [-0.1, -0.05) is 13.0 Å². The largest absolute Gasteiger partial charge is 0.309 e. The predicted octanol–water partition coefficient (Wildman–Crippen LogP) is 2.78. The Balaban J connectivity index is 3.10. The van der Waals surface area contributed by atoms with Crippen molar-refractivity contribution in [3.8, 4) is 12.3 Å². The summed E-state index contributed by atoms with van der Waals surface area (Å²) in [5, 5.41) is 2.92. The maximum absolute atomic E-state index is 13.4. The van der Waals surface area contributed by atoms with Gasteiger partial charge in [0, 0.05) is 18.0 Å². The Kier molecular flexibility index (Phi) is 4.39. The molecule has 0 bridgehead atoms. The second-order valence-electron chi connectivity index (χ2n) is 3.28. The summed E-state index contributed by atoms with van der Waals surface area (Å²) in [4.78, 5) is 0. The van der Waals surface area contributed by atoms with Crippen LogP contribution >= 0.6 is 0 Å². The van der Waals surface area contributed by atoms with Crippen molar-refractivity contribution in [1.29, 1.82) is 0 Å². The molecule has 0 saturated heterocycles. The van der Waals surface area contributed by atoms with Crippen molar-refractivity contribution in [3.63, 3.8) is 0 Å². The summed E-state index contributed by atoms with van der Waals surface area (Å²) in [6.07, 6.45) is 5.35. The van der Waals surface area contributed by atoms with Crippen molar-refractivity contribution in [1.82, 2.24) is 5.32 Å². The molecule has 0 aromatic heterocycles. The van der Waals surface area contributed by atoms with Gasteiger partial charge in [-0.15, -0.1) is 12.3 Å². The molecule has 86 valence electrons. The van der Waals surface area contributed by atoms with Gasteiger partial charge in [-0.3, -0.25) is 0 Å². The molecule has 1 rings (SSSR count). The number of nitrogens with one attached hydrogen (secondary N) is 1. The van der Waals surface area contributed by atoms with Crippen LogP contribution in [0.3, 0.4) is 0 Å². The van der Waals surface area contributed by atoms with E-state index in [-0.39, 0.29) is 12.0 Å². The van der Waals surface area contributed by atoms with E-state index in [9.17, 15) is 13.2 Å². The molecule has 4 heteroatoms. The molecule has 1 aromatic carbocycles. The second kappa shape index (κ2) is 5.57. The lowest BCUT2D eigenvalue weighted by atomic mass is 10.0. The quantitative estimate of drug-likeness (QED) is 0.616. The Hall–Kier alpha value is -1.47. The van der Waals surface area contributed by atoms with Gasteiger partial charge in [0.25, 0.3) is 0 Å². The molecule has 1 nitrogen and oxygen atoms in total. The summed E-state index contributed by atoms with van der Waals surface area (Å²) in [6, 6.07) is 1.61. The van der Waals surface area contributed by atoms with Gasteiger partial charge in [0.1, 0.15) is 0 Å². The summed E-state index contributed by atoms with van der Waals surface area (Å²) in [7, 11) is 0. The van der Waals surface area contributed by atoms with Crippen molar-refractivity contribution in [3.05, 3.63) is 35.1 Å². The van der Waals surface area contributed by atoms with E-state index in [1.807, 2.05) is 6.92 Å². The van der Waals surface area contributed by atoms with Crippen LogP contribution in [0.25, 0.3) is 0 Å². The molecular formula is C12H12F3N. The number of terminal acetylenes is 1. The molecule has 1 atom stereocenters. The minimum Gasteiger partial charge on any atom is -0.309 e. The van der Waals surface area contributed by atoms with Crippen molar-refractivity contribution in [2.75, 3.05) is 6.54 Å². The van der Waals surface area contributed by atoms with E-state index in [0.29, 0.717) is 6.54 Å². The molecule has 0 spiro atoms. The zero-order chi connectivity index (χ0) is 12.1. The highest BCUT2D eigenvalue weighted by Crippen LogP contribution is 2.23. The summed E-state index contributed by atoms with van der Waals surface area (Å²) in [6.45, 7) is 2.38. The molecule has 0 fully saturated rings. The molecule has 0 heterocycles. The molecule has 1 aromatic rings. The smallest absolute Gasteiger partial charge is 0.194 e. The van der Waals surface area contributed by atoms with Gasteiger partial charge in [0.05, 0.1) is 0 Å². The van der Waals surface area contributed by atoms with Crippen LogP contribution in [0, 0.1) is 29.8 Å². The van der Waals surface area contributed by atoms with E-state index in [4.69, 9.17) is 6.42 Å². The van der Waals surface area contributed by atoms with E-state index in [1.165, 1.54) is 6.07 Å². The van der Waals surface area contributed by atoms with Gasteiger partial charge >= 0.3 is 0 Å². The number of benzene rings is 1. The summed E-state index contributed by atoms with van der Waals surface area (Å²) in [5.74, 6) is -1.47. The van der Waals surface area contributed by atoms with Crippen molar-refractivity contribution in [2.45, 2.75) is 19.4 Å². The van der Waals surface area contributed by atoms with Gasteiger partial charge in [-0.25, -0.2) is 13.2 Å². The lowest BCUT2D eigenvalue weighted by molar-refractivity contribution is 0.427. The Bertz CT molecular complexity index is 409. The van der Waals surface area contributed by atoms with Gasteiger partial charge in [-0.05, 0) is 12.6 Å². The average Bonchev–Trinajstić information content (AvgIpc) is 2.26. The maximum Gasteiger partial charge on any atom is 0.194 e. The number of halogens is 3. The topological polar surface area (TPSA) is 12.0 Å². The van der Waals surface area contributed by atoms with Crippen LogP contribution < -0.4 is 5.32 Å². The predicted molar refractivity (Wildman–Crippen MR) is 56.2 cm³/mol. The van der Waals surface area contributed by atoms with E-state index < -0.39 is 23.5 Å². The highest BCUT2D eigenvalue weighted by Gasteiger charge is 2.19. The van der Waals surface area contributed by atoms with Crippen LogP contribution in [0.15, 0.2) is 12.1 Å². The van der Waals surface area contributed by atoms with E-state index >= 15 is 0 Å². The zero-order valence-electron chi connectivity index (χ0n) is 8.86. The summed E-state index contributed by atoms with van der Waals surface area (Å²) >= 11 is 0. The Morgan fingerprint density at radius 3 is 2.56 bits per heavy atom. The van der Waals surface area contributed by atoms with Crippen molar-refractivity contribution < 1.29 is 13.2 Å². The SMILES string of the molecule is C#CCC(NCC)c1ccc(F)c(F)c1F. The molecule has 0 aliphatic rings. The van der Waals surface area contributed by atoms with Crippen LogP contribution in [0.1, 0.15) is 24.9 Å². The van der Waals surface area contributed by atoms with Gasteiger partial charge in [0.2, 0.25) is 0 Å². The monoisotopic (exact) mass is 227 g/mol. The highest BCUT2D eigenvalue weighted by molar-refractivity contribution is 5.24. The van der Waals surface area contributed by atoms with Gasteiger partial charge in [-0.2, -0.15) is 0 Å². The zero-order valence-corrected chi connectivity index (χ0v) is 8.86. The third kappa shape index (κ3) is 2.56. The van der Waals surface area contributed by atoms with Crippen molar-refractivity contribution >= 4 is 0 Å². The molecule has 0 radical (unpaired) electrons. The van der Waals surface area contributed by atoms with Crippen LogP contribution in [-0.2, 0) is 0 Å². The number of rotatable bonds is 4. The second-order valence-corrected chi connectivity index (χ2v) is 3.28. The van der Waals surface area contributed by atoms with E-state index in [1.54, 1.807) is 0 Å². The highest BCUT2D eigenvalue weighted by atomic mass is 19.2. The summed E-state index contributed by atoms with van der Waals surface area (Å²) < 4.78 is 39.2. The first-order valence-corrected chi connectivity index (χ1v) is 4.92. The Morgan fingerprint density at radius 1 is 1.31 bits per heavy atom. The minimum atomic E-state index is -1.46. The summed E-state index contributed by atoms with van der Waals surface area (Å²) in [5.41, 5.74) is 0.0544. The van der Waals surface area contributed by atoms with Gasteiger partial charge in [0.15, 0.2) is 17.5 Å². The molecule has 1 unspecified atom stereocenters. The normalized spacial score (nSPS) is 12.2. The van der Waals surface area contributed by atoms with Crippen LogP contribution in [0.5, 0.6) is 0 Å². The first kappa shape index (κ1) is 12.6. The Labute approximate surface area is 92.7 Å². The Morgan fingerprint density at radius 2 is 2.00 bits per heavy atom. The van der Waals surface area contributed by atoms with E-state index in [2.05, 4.69) is 11.2 Å². The van der Waals surface area contributed by atoms with Gasteiger partial charge < -0.3 is 5.32 Å². The van der Waals surface area contributed by atoms with Crippen molar-refractivity contribution in [2.24, 2.45) is 0 Å². The molecular weight excluding hydrogens is 215 g/mol. The number of hydrogen-bond donors (Lipinski definition) is 1. The van der Waals surface area contributed by atoms with Crippen LogP contribution in [0.2, 0.25) is 0 Å². The van der Waals surface area contributed by atoms with Crippen LogP contribution in [-0.4, -0.2) is 6.54 Å². The third-order valence-corrected chi connectivity index (χ3v) is 2.21. The molecule has 16 heavy (non-hydrogen) atoms. The maximum atomic E-state index is 13.4. The first-order chi connectivity index (χ1) is 7.61. The molecule has 0 aliphatic heterocycles. The lowest BCUT2D eigenvalue weighted by Gasteiger charge is -2.16. The number of hydrogen-bond acceptors (Lipinski definition) is 1. The van der Waals surface area contributed by atoms with E-state index in [0.717, 1.165) is 6.07 Å². The average molecular weight is 227 g/mol. The first-order valence-electron chi connectivity index (χ1n) is 4.92. The molecule has 0 aliphatic carbocycles. The fourth-order valence-corrected chi connectivity index (χ4v) is 1.47. The van der Waals surface area contributed by atoms with Crippen LogP contribution in [0.4, 0.5) is 13.2 Å². The molecule has 0 saturated carbocycles. The minimum absolute atomic E-state index is 0.0544. The standard InChI is InChI=1S/C12H12F3N/c1-3-5-10(16-4-2)8-6-7-9(13)12(15)11(8)14/h1,6-7,10,16H,4-5H2,2H3. The molecule has 0 amide bonds.